The van der Waals surface area contributed by atoms with Gasteiger partial charge in [0.25, 0.3) is 0 Å². The minimum Gasteiger partial charge on any atom is -0.456 e. The Kier molecular flexibility index (Phi) is 6.60. The normalized spacial score (nSPS) is 12.6. The van der Waals surface area contributed by atoms with E-state index in [9.17, 15) is 5.48 Å². The molecule has 0 amide bonds. The molecule has 0 saturated heterocycles. The van der Waals surface area contributed by atoms with Crippen molar-refractivity contribution in [3.05, 3.63) is 212 Å². The standard InChI is InChI=1S/C54H35NO/c1-2-15-42-35-53-49(34-41(42)14-1)54-48(22-11-25-52(54)56-53)47-20-7-8-23-51(47)55(50-24-10-17-39-13-4-6-19-46(39)50)43-32-30-37(31-33-43)36-26-28-40(29-27-36)45-21-9-16-38-12-3-5-18-44(38)45/h1-35H/i30D,31D,32D,33D. The molecule has 0 aliphatic heterocycles. The summed E-state index contributed by atoms with van der Waals surface area (Å²) in [6.07, 6.45) is 0. The molecule has 0 spiro atoms. The monoisotopic (exact) mass is 717 g/mol. The summed E-state index contributed by atoms with van der Waals surface area (Å²) in [7, 11) is 0. The molecule has 0 radical (unpaired) electrons. The molecule has 1 heterocycles. The Labute approximate surface area is 330 Å². The van der Waals surface area contributed by atoms with Crippen molar-refractivity contribution in [3.63, 3.8) is 0 Å². The Morgan fingerprint density at radius 1 is 0.357 bits per heavy atom. The lowest BCUT2D eigenvalue weighted by Gasteiger charge is -2.29. The van der Waals surface area contributed by atoms with E-state index >= 15 is 0 Å². The lowest BCUT2D eigenvalue weighted by molar-refractivity contribution is 0.669. The van der Waals surface area contributed by atoms with Crippen molar-refractivity contribution in [1.29, 1.82) is 0 Å². The number of furan rings is 1. The fraction of sp³-hybridized carbons (Fsp3) is 0. The molecule has 2 heteroatoms. The van der Waals surface area contributed by atoms with E-state index in [1.165, 1.54) is 0 Å². The third-order valence-corrected chi connectivity index (χ3v) is 10.9. The van der Waals surface area contributed by atoms with Crippen LogP contribution in [0.4, 0.5) is 17.1 Å². The number of rotatable bonds is 6. The maximum Gasteiger partial charge on any atom is 0.136 e. The maximum atomic E-state index is 9.75. The lowest BCUT2D eigenvalue weighted by Crippen LogP contribution is -2.11. The van der Waals surface area contributed by atoms with E-state index < -0.39 is 0 Å². The predicted octanol–water partition coefficient (Wildman–Crippen LogP) is 15.5. The van der Waals surface area contributed by atoms with Gasteiger partial charge in [-0.3, -0.25) is 0 Å². The Morgan fingerprint density at radius 2 is 0.911 bits per heavy atom. The summed E-state index contributed by atoms with van der Waals surface area (Å²) in [5.74, 6) is 0. The molecule has 0 fully saturated rings. The highest BCUT2D eigenvalue weighted by Gasteiger charge is 2.22. The van der Waals surface area contributed by atoms with Gasteiger partial charge in [0.2, 0.25) is 0 Å². The van der Waals surface area contributed by atoms with Crippen LogP contribution in [0.15, 0.2) is 217 Å². The topological polar surface area (TPSA) is 16.4 Å². The van der Waals surface area contributed by atoms with Crippen molar-refractivity contribution in [3.8, 4) is 33.4 Å². The van der Waals surface area contributed by atoms with Crippen molar-refractivity contribution in [2.45, 2.75) is 0 Å². The molecule has 2 nitrogen and oxygen atoms in total. The maximum absolute atomic E-state index is 9.75. The number of benzene rings is 10. The molecule has 0 unspecified atom stereocenters. The predicted molar refractivity (Wildman–Crippen MR) is 237 cm³/mol. The summed E-state index contributed by atoms with van der Waals surface area (Å²) in [5, 5.41) is 8.36. The van der Waals surface area contributed by atoms with Crippen molar-refractivity contribution >= 4 is 71.3 Å². The van der Waals surface area contributed by atoms with Crippen LogP contribution in [0.1, 0.15) is 5.48 Å². The molecule has 11 aromatic rings. The number of anilines is 3. The van der Waals surface area contributed by atoms with E-state index in [0.717, 1.165) is 82.2 Å². The van der Waals surface area contributed by atoms with Gasteiger partial charge in [-0.25, -0.2) is 0 Å². The second-order valence-corrected chi connectivity index (χ2v) is 14.2. The van der Waals surface area contributed by atoms with Crippen molar-refractivity contribution in [1.82, 2.24) is 0 Å². The van der Waals surface area contributed by atoms with Crippen LogP contribution < -0.4 is 4.90 Å². The van der Waals surface area contributed by atoms with Gasteiger partial charge in [-0.15, -0.1) is 0 Å². The molecule has 262 valence electrons. The molecule has 0 aliphatic carbocycles. The number of nitrogens with zero attached hydrogens (tertiary/aromatic N) is 1. The average molecular weight is 718 g/mol. The minimum absolute atomic E-state index is 0.110. The van der Waals surface area contributed by atoms with Crippen LogP contribution in [-0.4, -0.2) is 0 Å². The fourth-order valence-electron chi connectivity index (χ4n) is 8.26. The molecule has 0 N–H and O–H groups in total. The summed E-state index contributed by atoms with van der Waals surface area (Å²) in [6.45, 7) is 0. The number of hydrogen-bond acceptors (Lipinski definition) is 2. The highest BCUT2D eigenvalue weighted by molar-refractivity contribution is 6.17. The first-order valence-corrected chi connectivity index (χ1v) is 18.8. The number of fused-ring (bicyclic) bond motifs is 6. The van der Waals surface area contributed by atoms with E-state index in [2.05, 4.69) is 60.7 Å². The van der Waals surface area contributed by atoms with Crippen LogP contribution in [0, 0.1) is 0 Å². The molecule has 11 rings (SSSR count). The Bertz CT molecular complexity index is 3460. The Morgan fingerprint density at radius 3 is 1.71 bits per heavy atom. The van der Waals surface area contributed by atoms with Crippen LogP contribution in [0.3, 0.4) is 0 Å². The first-order valence-electron chi connectivity index (χ1n) is 20.8. The third-order valence-electron chi connectivity index (χ3n) is 10.9. The van der Waals surface area contributed by atoms with Crippen molar-refractivity contribution < 1.29 is 9.90 Å². The molecule has 0 bridgehead atoms. The highest BCUT2D eigenvalue weighted by Crippen LogP contribution is 2.47. The first kappa shape index (κ1) is 28.1. The molecule has 10 aromatic carbocycles. The molecular formula is C54H35NO. The Hall–Kier alpha value is -7.42. The van der Waals surface area contributed by atoms with Crippen LogP contribution >= 0.6 is 0 Å². The molecule has 1 aromatic heterocycles. The van der Waals surface area contributed by atoms with Gasteiger partial charge < -0.3 is 9.32 Å². The number of para-hydroxylation sites is 1. The van der Waals surface area contributed by atoms with E-state index in [0.29, 0.717) is 11.3 Å². The zero-order valence-electron chi connectivity index (χ0n) is 34.3. The molecule has 0 aliphatic rings. The van der Waals surface area contributed by atoms with Crippen LogP contribution in [0.2, 0.25) is 0 Å². The fourth-order valence-corrected chi connectivity index (χ4v) is 8.26. The zero-order chi connectivity index (χ0) is 40.5. The van der Waals surface area contributed by atoms with Crippen LogP contribution in [-0.2, 0) is 0 Å². The first-order chi connectivity index (χ1) is 29.4. The van der Waals surface area contributed by atoms with Crippen molar-refractivity contribution in [2.24, 2.45) is 0 Å². The zero-order valence-corrected chi connectivity index (χ0v) is 30.3. The lowest BCUT2D eigenvalue weighted by atomic mass is 9.95. The second kappa shape index (κ2) is 13.2. The van der Waals surface area contributed by atoms with Crippen LogP contribution in [0.25, 0.3) is 87.6 Å². The summed E-state index contributed by atoms with van der Waals surface area (Å²) < 4.78 is 45.1. The van der Waals surface area contributed by atoms with Crippen molar-refractivity contribution in [2.75, 3.05) is 4.90 Å². The van der Waals surface area contributed by atoms with Gasteiger partial charge in [0.05, 0.1) is 16.9 Å². The smallest absolute Gasteiger partial charge is 0.136 e. The highest BCUT2D eigenvalue weighted by atomic mass is 16.3. The Balaban J connectivity index is 1.12. The SMILES string of the molecule is [2H]c1c([2H])c(N(c2ccccc2-c2cccc3oc4cc5ccccc5cc4c23)c2cccc3ccccc23)c([2H])c([2H])c1-c1ccc(-c2cccc3ccccc23)cc1. The van der Waals surface area contributed by atoms with E-state index in [4.69, 9.17) is 4.42 Å². The van der Waals surface area contributed by atoms with E-state index in [1.54, 1.807) is 0 Å². The van der Waals surface area contributed by atoms with Gasteiger partial charge in [-0.2, -0.15) is 0 Å². The second-order valence-electron chi connectivity index (χ2n) is 14.2. The van der Waals surface area contributed by atoms with Gasteiger partial charge in [-0.1, -0.05) is 170 Å². The minimum atomic E-state index is -0.134. The van der Waals surface area contributed by atoms with Gasteiger partial charge in [0.1, 0.15) is 11.2 Å². The van der Waals surface area contributed by atoms with Gasteiger partial charge in [0, 0.05) is 27.4 Å². The summed E-state index contributed by atoms with van der Waals surface area (Å²) in [5.41, 5.74) is 7.92. The van der Waals surface area contributed by atoms with Gasteiger partial charge in [0.15, 0.2) is 0 Å². The van der Waals surface area contributed by atoms with Gasteiger partial charge in [-0.05, 0) is 97.2 Å². The summed E-state index contributed by atoms with van der Waals surface area (Å²) in [4.78, 5) is 1.92. The average Bonchev–Trinajstić information content (AvgIpc) is 3.66. The molecule has 0 saturated carbocycles. The van der Waals surface area contributed by atoms with Gasteiger partial charge >= 0.3 is 0 Å². The summed E-state index contributed by atoms with van der Waals surface area (Å²) in [6, 6.07) is 62.5. The number of hydrogen-bond donors (Lipinski definition) is 0. The largest absolute Gasteiger partial charge is 0.456 e. The molecule has 56 heavy (non-hydrogen) atoms. The molecular weight excluding hydrogens is 679 g/mol. The third kappa shape index (κ3) is 5.34. The summed E-state index contributed by atoms with van der Waals surface area (Å²) >= 11 is 0. The van der Waals surface area contributed by atoms with Crippen LogP contribution in [0.5, 0.6) is 0 Å². The van der Waals surface area contributed by atoms with E-state index in [1.807, 2.05) is 132 Å². The van der Waals surface area contributed by atoms with E-state index in [-0.39, 0.29) is 35.4 Å². The quantitative estimate of drug-likeness (QED) is 0.170. The molecule has 0 atom stereocenters.